The van der Waals surface area contributed by atoms with Gasteiger partial charge in [0, 0.05) is 18.7 Å². The molecule has 0 aliphatic heterocycles. The van der Waals surface area contributed by atoms with Gasteiger partial charge in [0.25, 0.3) is 0 Å². The first-order valence-electron chi connectivity index (χ1n) is 5.39. The maximum Gasteiger partial charge on any atom is 0.243 e. The maximum absolute atomic E-state index is 13.8. The molecule has 20 heavy (non-hydrogen) atoms. The summed E-state index contributed by atoms with van der Waals surface area (Å²) in [7, 11) is -4.01. The zero-order valence-electron chi connectivity index (χ0n) is 10.0. The zero-order chi connectivity index (χ0) is 14.8. The SMILES string of the molecule is Nc1cc(Br)c(F)c(S(=O)(=O)NCCc2ncon2)c1. The highest BCUT2D eigenvalue weighted by Gasteiger charge is 2.21. The van der Waals surface area contributed by atoms with Crippen LogP contribution in [0.2, 0.25) is 0 Å². The quantitative estimate of drug-likeness (QED) is 0.767. The molecule has 0 bridgehead atoms. The number of halogens is 2. The van der Waals surface area contributed by atoms with Gasteiger partial charge in [-0.15, -0.1) is 0 Å². The molecule has 1 heterocycles. The highest BCUT2D eigenvalue weighted by atomic mass is 79.9. The first-order valence-corrected chi connectivity index (χ1v) is 7.67. The molecule has 10 heteroatoms. The molecule has 2 aromatic rings. The predicted molar refractivity (Wildman–Crippen MR) is 71.7 cm³/mol. The second-order valence-electron chi connectivity index (χ2n) is 3.81. The summed E-state index contributed by atoms with van der Waals surface area (Å²) in [4.78, 5) is 3.22. The summed E-state index contributed by atoms with van der Waals surface area (Å²) in [5, 5.41) is 3.53. The van der Waals surface area contributed by atoms with Gasteiger partial charge < -0.3 is 10.3 Å². The van der Waals surface area contributed by atoms with Gasteiger partial charge in [-0.3, -0.25) is 0 Å². The average molecular weight is 365 g/mol. The van der Waals surface area contributed by atoms with Crippen LogP contribution in [0.1, 0.15) is 5.82 Å². The molecule has 7 nitrogen and oxygen atoms in total. The number of benzene rings is 1. The van der Waals surface area contributed by atoms with Gasteiger partial charge in [0.1, 0.15) is 4.90 Å². The van der Waals surface area contributed by atoms with Crippen LogP contribution in [-0.2, 0) is 16.4 Å². The third-order valence-corrected chi connectivity index (χ3v) is 4.39. The van der Waals surface area contributed by atoms with Gasteiger partial charge in [-0.05, 0) is 28.1 Å². The van der Waals surface area contributed by atoms with E-state index in [4.69, 9.17) is 5.73 Å². The summed E-state index contributed by atoms with van der Waals surface area (Å²) >= 11 is 2.91. The molecule has 1 aromatic carbocycles. The summed E-state index contributed by atoms with van der Waals surface area (Å²) in [6, 6.07) is 2.34. The summed E-state index contributed by atoms with van der Waals surface area (Å²) in [6.45, 7) is 0.00766. The van der Waals surface area contributed by atoms with Gasteiger partial charge in [0.15, 0.2) is 11.6 Å². The number of aromatic nitrogens is 2. The number of nitrogens with two attached hydrogens (primary N) is 1. The molecular weight excluding hydrogens is 355 g/mol. The van der Waals surface area contributed by atoms with Gasteiger partial charge in [-0.1, -0.05) is 5.16 Å². The van der Waals surface area contributed by atoms with Crippen LogP contribution in [-0.4, -0.2) is 25.1 Å². The number of hydrogen-bond acceptors (Lipinski definition) is 6. The Morgan fingerprint density at radius 1 is 1.45 bits per heavy atom. The Morgan fingerprint density at radius 3 is 2.85 bits per heavy atom. The number of nitrogens with zero attached hydrogens (tertiary/aromatic N) is 2. The average Bonchev–Trinajstić information content (AvgIpc) is 2.86. The summed E-state index contributed by atoms with van der Waals surface area (Å²) in [5.41, 5.74) is 5.65. The third kappa shape index (κ3) is 3.32. The second kappa shape index (κ2) is 5.85. The minimum absolute atomic E-state index is 0.00766. The highest BCUT2D eigenvalue weighted by molar-refractivity contribution is 9.10. The van der Waals surface area contributed by atoms with Crippen molar-refractivity contribution < 1.29 is 17.3 Å². The lowest BCUT2D eigenvalue weighted by atomic mass is 10.3. The summed E-state index contributed by atoms with van der Waals surface area (Å²) < 4.78 is 44.5. The molecule has 0 aliphatic carbocycles. The van der Waals surface area contributed by atoms with Crippen molar-refractivity contribution in [2.24, 2.45) is 0 Å². The van der Waals surface area contributed by atoms with E-state index >= 15 is 0 Å². The Balaban J connectivity index is 2.14. The van der Waals surface area contributed by atoms with Gasteiger partial charge in [-0.25, -0.2) is 17.5 Å². The third-order valence-electron chi connectivity index (χ3n) is 2.35. The molecule has 0 radical (unpaired) electrons. The Bertz CT molecular complexity index is 706. The van der Waals surface area contributed by atoms with Crippen LogP contribution < -0.4 is 10.5 Å². The van der Waals surface area contributed by atoms with Crippen LogP contribution in [0.5, 0.6) is 0 Å². The van der Waals surface area contributed by atoms with E-state index in [-0.39, 0.29) is 23.1 Å². The highest BCUT2D eigenvalue weighted by Crippen LogP contribution is 2.25. The molecule has 2 rings (SSSR count). The molecule has 0 saturated heterocycles. The van der Waals surface area contributed by atoms with Crippen molar-refractivity contribution in [2.45, 2.75) is 11.3 Å². The molecule has 0 atom stereocenters. The fourth-order valence-electron chi connectivity index (χ4n) is 1.46. The van der Waals surface area contributed by atoms with Crippen molar-refractivity contribution in [3.8, 4) is 0 Å². The first-order chi connectivity index (χ1) is 9.40. The standard InChI is InChI=1S/C10H10BrFN4O3S/c11-7-3-6(13)4-8(10(7)12)20(17,18)15-2-1-9-14-5-19-16-9/h3-5,15H,1-2,13H2. The van der Waals surface area contributed by atoms with E-state index in [0.29, 0.717) is 5.82 Å². The number of rotatable bonds is 5. The van der Waals surface area contributed by atoms with E-state index in [1.165, 1.54) is 6.07 Å². The lowest BCUT2D eigenvalue weighted by Crippen LogP contribution is -2.27. The zero-order valence-corrected chi connectivity index (χ0v) is 12.4. The van der Waals surface area contributed by atoms with E-state index in [2.05, 4.69) is 35.3 Å². The number of nitrogen functional groups attached to an aromatic ring is 1. The first kappa shape index (κ1) is 14.9. The van der Waals surface area contributed by atoms with Crippen LogP contribution in [0, 0.1) is 5.82 Å². The van der Waals surface area contributed by atoms with Gasteiger partial charge in [0.05, 0.1) is 4.47 Å². The number of nitrogens with one attached hydrogen (secondary N) is 1. The maximum atomic E-state index is 13.8. The van der Waals surface area contributed by atoms with Crippen molar-refractivity contribution in [1.82, 2.24) is 14.9 Å². The smallest absolute Gasteiger partial charge is 0.243 e. The monoisotopic (exact) mass is 364 g/mol. The fraction of sp³-hybridized carbons (Fsp3) is 0.200. The molecule has 0 fully saturated rings. The van der Waals surface area contributed by atoms with Gasteiger partial charge in [0.2, 0.25) is 16.4 Å². The molecule has 0 unspecified atom stereocenters. The molecule has 0 saturated carbocycles. The van der Waals surface area contributed by atoms with Crippen molar-refractivity contribution in [1.29, 1.82) is 0 Å². The Morgan fingerprint density at radius 2 is 2.20 bits per heavy atom. The molecule has 3 N–H and O–H groups in total. The number of hydrogen-bond donors (Lipinski definition) is 2. The predicted octanol–water partition coefficient (Wildman–Crippen LogP) is 1.07. The summed E-state index contributed by atoms with van der Waals surface area (Å²) in [5.74, 6) is -0.548. The minimum Gasteiger partial charge on any atom is -0.399 e. The van der Waals surface area contributed by atoms with E-state index in [9.17, 15) is 12.8 Å². The fourth-order valence-corrected chi connectivity index (χ4v) is 3.23. The van der Waals surface area contributed by atoms with Crippen LogP contribution in [0.4, 0.5) is 10.1 Å². The molecule has 108 valence electrons. The van der Waals surface area contributed by atoms with Crippen molar-refractivity contribution in [3.05, 3.63) is 34.6 Å². The lowest BCUT2D eigenvalue weighted by molar-refractivity contribution is 0.409. The normalized spacial score (nSPS) is 11.7. The second-order valence-corrected chi connectivity index (χ2v) is 6.40. The molecule has 1 aromatic heterocycles. The van der Waals surface area contributed by atoms with Gasteiger partial charge in [-0.2, -0.15) is 4.98 Å². The van der Waals surface area contributed by atoms with Crippen molar-refractivity contribution >= 4 is 31.6 Å². The minimum atomic E-state index is -4.01. The molecule has 0 aliphatic rings. The number of anilines is 1. The lowest BCUT2D eigenvalue weighted by Gasteiger charge is -2.08. The van der Waals surface area contributed by atoms with Gasteiger partial charge >= 0.3 is 0 Å². The molecule has 0 spiro atoms. The Labute approximate surface area is 122 Å². The van der Waals surface area contributed by atoms with Crippen LogP contribution >= 0.6 is 15.9 Å². The number of sulfonamides is 1. The Kier molecular flexibility index (Phi) is 4.35. The van der Waals surface area contributed by atoms with Crippen molar-refractivity contribution in [2.75, 3.05) is 12.3 Å². The van der Waals surface area contributed by atoms with Crippen LogP contribution in [0.25, 0.3) is 0 Å². The van der Waals surface area contributed by atoms with E-state index in [0.717, 1.165) is 12.5 Å². The molecule has 0 amide bonds. The van der Waals surface area contributed by atoms with E-state index < -0.39 is 20.7 Å². The van der Waals surface area contributed by atoms with E-state index in [1.807, 2.05) is 0 Å². The molecular formula is C10H10BrFN4O3S. The van der Waals surface area contributed by atoms with E-state index in [1.54, 1.807) is 0 Å². The Hall–Kier alpha value is -1.52. The van der Waals surface area contributed by atoms with Crippen LogP contribution in [0.3, 0.4) is 0 Å². The largest absolute Gasteiger partial charge is 0.399 e. The van der Waals surface area contributed by atoms with Crippen LogP contribution in [0.15, 0.2) is 32.4 Å². The van der Waals surface area contributed by atoms with Crippen molar-refractivity contribution in [3.63, 3.8) is 0 Å². The topological polar surface area (TPSA) is 111 Å². The summed E-state index contributed by atoms with van der Waals surface area (Å²) in [6.07, 6.45) is 1.36.